The molecule has 0 saturated heterocycles. The lowest BCUT2D eigenvalue weighted by Gasteiger charge is -2.18. The van der Waals surface area contributed by atoms with Gasteiger partial charge in [-0.05, 0) is 30.7 Å². The number of nitrogens with one attached hydrogen (secondary N) is 3. The Balaban J connectivity index is 2.21. The third kappa shape index (κ3) is 15.6. The standard InChI is InChI=1S/C24H36N4O10S/c1-36-17-4-2-16(3-5-17)22(32)26-8-9-37-10-11-38-12-13-39-15-19(23(33)27-14-21(30)31)28-20(29)7-6-18(25)24(34)35/h2-5,18-19H,6-15,25H2,1H3,(H,26,32)(H,27,33)(H,28,29)(H,30,31)(H,34,35)/t18-,19-/m0/s1. The van der Waals surface area contributed by atoms with Gasteiger partial charge in [-0.25, -0.2) is 0 Å². The van der Waals surface area contributed by atoms with Crippen LogP contribution in [-0.4, -0.2) is 110 Å². The van der Waals surface area contributed by atoms with Crippen molar-refractivity contribution >= 4 is 41.4 Å². The molecule has 3 amide bonds. The molecule has 1 aromatic carbocycles. The van der Waals surface area contributed by atoms with Crippen molar-refractivity contribution in [1.29, 1.82) is 0 Å². The smallest absolute Gasteiger partial charge is 0.322 e. The molecule has 0 radical (unpaired) electrons. The Kier molecular flexibility index (Phi) is 16.9. The number of rotatable bonds is 21. The number of hydrogen-bond acceptors (Lipinski definition) is 10. The molecule has 0 aromatic heterocycles. The van der Waals surface area contributed by atoms with Crippen LogP contribution in [0.15, 0.2) is 24.3 Å². The number of benzene rings is 1. The molecule has 218 valence electrons. The molecule has 1 rings (SSSR count). The summed E-state index contributed by atoms with van der Waals surface area (Å²) in [5.74, 6) is -2.64. The fourth-order valence-corrected chi connectivity index (χ4v) is 3.74. The van der Waals surface area contributed by atoms with Gasteiger partial charge >= 0.3 is 11.9 Å². The fourth-order valence-electron chi connectivity index (χ4n) is 2.87. The molecular weight excluding hydrogens is 536 g/mol. The quantitative estimate of drug-likeness (QED) is 0.0985. The maximum absolute atomic E-state index is 12.3. The lowest BCUT2D eigenvalue weighted by molar-refractivity contribution is -0.139. The van der Waals surface area contributed by atoms with E-state index in [0.29, 0.717) is 50.0 Å². The number of carbonyl (C=O) groups excluding carboxylic acids is 3. The first-order chi connectivity index (χ1) is 18.6. The number of methoxy groups -OCH3 is 1. The van der Waals surface area contributed by atoms with Crippen LogP contribution in [0.5, 0.6) is 5.75 Å². The molecule has 0 bridgehead atoms. The number of carboxylic acid groups (broad SMARTS) is 2. The van der Waals surface area contributed by atoms with Crippen LogP contribution in [0.2, 0.25) is 0 Å². The molecule has 0 heterocycles. The van der Waals surface area contributed by atoms with Gasteiger partial charge in [0.2, 0.25) is 11.8 Å². The first kappa shape index (κ1) is 33.6. The van der Waals surface area contributed by atoms with Crippen molar-refractivity contribution in [3.8, 4) is 5.75 Å². The monoisotopic (exact) mass is 572 g/mol. The third-order valence-corrected chi connectivity index (χ3v) is 6.00. The van der Waals surface area contributed by atoms with Gasteiger partial charge in [0.25, 0.3) is 5.91 Å². The Morgan fingerprint density at radius 3 is 2.26 bits per heavy atom. The lowest BCUT2D eigenvalue weighted by atomic mass is 10.1. The van der Waals surface area contributed by atoms with Crippen LogP contribution in [-0.2, 0) is 28.7 Å². The van der Waals surface area contributed by atoms with Gasteiger partial charge < -0.3 is 46.1 Å². The van der Waals surface area contributed by atoms with Crippen molar-refractivity contribution in [1.82, 2.24) is 16.0 Å². The highest BCUT2D eigenvalue weighted by Crippen LogP contribution is 2.11. The van der Waals surface area contributed by atoms with Crippen LogP contribution in [0.3, 0.4) is 0 Å². The molecule has 0 aliphatic rings. The molecule has 0 unspecified atom stereocenters. The number of carbonyl (C=O) groups is 5. The first-order valence-corrected chi connectivity index (χ1v) is 13.2. The maximum atomic E-state index is 12.3. The Morgan fingerprint density at radius 1 is 0.974 bits per heavy atom. The molecule has 15 heteroatoms. The van der Waals surface area contributed by atoms with Crippen LogP contribution in [0.25, 0.3) is 0 Å². The molecule has 14 nitrogen and oxygen atoms in total. The van der Waals surface area contributed by atoms with E-state index in [1.165, 1.54) is 11.8 Å². The van der Waals surface area contributed by atoms with Crippen LogP contribution in [0.4, 0.5) is 0 Å². The number of ether oxygens (including phenoxy) is 3. The van der Waals surface area contributed by atoms with Gasteiger partial charge in [0, 0.05) is 30.0 Å². The van der Waals surface area contributed by atoms with E-state index in [-0.39, 0.29) is 24.5 Å². The summed E-state index contributed by atoms with van der Waals surface area (Å²) >= 11 is 1.31. The maximum Gasteiger partial charge on any atom is 0.322 e. The molecule has 0 fully saturated rings. The molecule has 7 N–H and O–H groups in total. The second kappa shape index (κ2) is 19.6. The van der Waals surface area contributed by atoms with E-state index in [1.807, 2.05) is 0 Å². The highest BCUT2D eigenvalue weighted by Gasteiger charge is 2.22. The van der Waals surface area contributed by atoms with Gasteiger partial charge in [-0.3, -0.25) is 24.0 Å². The Morgan fingerprint density at radius 2 is 1.64 bits per heavy atom. The number of aliphatic carboxylic acids is 2. The molecule has 0 aliphatic carbocycles. The minimum Gasteiger partial charge on any atom is -0.497 e. The molecule has 39 heavy (non-hydrogen) atoms. The minimum absolute atomic E-state index is 0.108. The van der Waals surface area contributed by atoms with Crippen molar-refractivity contribution in [2.24, 2.45) is 5.73 Å². The van der Waals surface area contributed by atoms with E-state index in [9.17, 15) is 24.0 Å². The van der Waals surface area contributed by atoms with Gasteiger partial charge in [-0.15, -0.1) is 0 Å². The summed E-state index contributed by atoms with van der Waals surface area (Å²) in [5, 5.41) is 25.0. The zero-order valence-corrected chi connectivity index (χ0v) is 22.5. The lowest BCUT2D eigenvalue weighted by Crippen LogP contribution is -2.49. The summed E-state index contributed by atoms with van der Waals surface area (Å²) in [6.07, 6.45) is -0.308. The van der Waals surface area contributed by atoms with Crippen LogP contribution < -0.4 is 26.4 Å². The predicted molar refractivity (Wildman–Crippen MR) is 142 cm³/mol. The number of carboxylic acids is 2. The SMILES string of the molecule is COc1ccc(C(=O)NCCOCCOCCSC[C@H](NC(=O)CC[C@H](N)C(=O)O)C(=O)NCC(=O)O)cc1. The molecule has 0 saturated carbocycles. The summed E-state index contributed by atoms with van der Waals surface area (Å²) in [6.45, 7) is 1.01. The molecule has 1 aromatic rings. The number of nitrogens with two attached hydrogens (primary N) is 1. The minimum atomic E-state index is -1.24. The molecule has 2 atom stereocenters. The van der Waals surface area contributed by atoms with E-state index < -0.39 is 42.4 Å². The van der Waals surface area contributed by atoms with Crippen LogP contribution in [0, 0.1) is 0 Å². The van der Waals surface area contributed by atoms with Gasteiger partial charge in [0.15, 0.2) is 0 Å². The number of amides is 3. The summed E-state index contributed by atoms with van der Waals surface area (Å²) in [5.41, 5.74) is 5.89. The summed E-state index contributed by atoms with van der Waals surface area (Å²) in [4.78, 5) is 57.9. The second-order valence-corrected chi connectivity index (χ2v) is 9.15. The fraction of sp³-hybridized carbons (Fsp3) is 0.542. The number of hydrogen-bond donors (Lipinski definition) is 6. The van der Waals surface area contributed by atoms with Crippen LogP contribution >= 0.6 is 11.8 Å². The van der Waals surface area contributed by atoms with E-state index in [0.717, 1.165) is 0 Å². The Bertz CT molecular complexity index is 932. The number of thioether (sulfide) groups is 1. The Hall–Kier alpha value is -3.40. The van der Waals surface area contributed by atoms with Crippen molar-refractivity contribution in [2.45, 2.75) is 24.9 Å². The summed E-state index contributed by atoms with van der Waals surface area (Å²) in [6, 6.07) is 4.51. The highest BCUT2D eigenvalue weighted by molar-refractivity contribution is 7.99. The normalized spacial score (nSPS) is 12.2. The highest BCUT2D eigenvalue weighted by atomic mass is 32.2. The van der Waals surface area contributed by atoms with E-state index in [4.69, 9.17) is 30.2 Å². The predicted octanol–water partition coefficient (Wildman–Crippen LogP) is -0.931. The largest absolute Gasteiger partial charge is 0.497 e. The molecule has 0 aliphatic heterocycles. The zero-order valence-electron chi connectivity index (χ0n) is 21.7. The van der Waals surface area contributed by atoms with E-state index in [1.54, 1.807) is 31.4 Å². The van der Waals surface area contributed by atoms with Crippen molar-refractivity contribution < 1.29 is 48.4 Å². The topological polar surface area (TPSA) is 216 Å². The summed E-state index contributed by atoms with van der Waals surface area (Å²) in [7, 11) is 1.55. The average molecular weight is 573 g/mol. The van der Waals surface area contributed by atoms with Crippen LogP contribution in [0.1, 0.15) is 23.2 Å². The van der Waals surface area contributed by atoms with Gasteiger partial charge in [0.05, 0.1) is 33.5 Å². The zero-order chi connectivity index (χ0) is 29.0. The van der Waals surface area contributed by atoms with E-state index in [2.05, 4.69) is 16.0 Å². The first-order valence-electron chi connectivity index (χ1n) is 12.1. The second-order valence-electron chi connectivity index (χ2n) is 8.00. The van der Waals surface area contributed by atoms with Crippen molar-refractivity contribution in [3.05, 3.63) is 29.8 Å². The van der Waals surface area contributed by atoms with Crippen molar-refractivity contribution in [2.75, 3.05) is 58.1 Å². The van der Waals surface area contributed by atoms with E-state index >= 15 is 0 Å². The Labute approximate surface area is 230 Å². The van der Waals surface area contributed by atoms with Gasteiger partial charge in [-0.1, -0.05) is 0 Å². The van der Waals surface area contributed by atoms with Crippen molar-refractivity contribution in [3.63, 3.8) is 0 Å². The summed E-state index contributed by atoms with van der Waals surface area (Å²) < 4.78 is 15.9. The molecule has 0 spiro atoms. The third-order valence-electron chi connectivity index (χ3n) is 4.98. The average Bonchev–Trinajstić information content (AvgIpc) is 2.92. The van der Waals surface area contributed by atoms with Gasteiger partial charge in [-0.2, -0.15) is 11.8 Å². The van der Waals surface area contributed by atoms with Gasteiger partial charge in [0.1, 0.15) is 24.4 Å². The molecular formula is C24H36N4O10S.